The maximum absolute atomic E-state index is 11.9. The summed E-state index contributed by atoms with van der Waals surface area (Å²) in [5.41, 5.74) is -31.8. The zero-order valence-electron chi connectivity index (χ0n) is 91.0. The Morgan fingerprint density at radius 3 is 0.392 bits per heavy atom. The van der Waals surface area contributed by atoms with E-state index in [1.54, 1.807) is 0 Å². The Kier molecular flexibility index (Phi) is 87.2. The normalized spacial score (nSPS) is 17.3. The summed E-state index contributed by atoms with van der Waals surface area (Å²) in [5, 5.41) is 18.9. The quantitative estimate of drug-likeness (QED) is 0.0535. The monoisotopic (exact) mass is 2650 g/mol. The molecule has 26 nitrogen and oxygen atoms in total. The summed E-state index contributed by atoms with van der Waals surface area (Å²) in [6.45, 7) is 76.9. The lowest BCUT2D eigenvalue weighted by molar-refractivity contribution is -0.137. The van der Waals surface area contributed by atoms with Crippen molar-refractivity contribution < 1.29 is 119 Å². The molecule has 59 heteroatoms. The Bertz CT molecular complexity index is 3620. The molecule has 0 saturated carbocycles. The van der Waals surface area contributed by atoms with E-state index >= 15 is 0 Å². The van der Waals surface area contributed by atoms with E-state index in [0.717, 1.165) is 0 Å². The third-order valence-corrected chi connectivity index (χ3v) is 75.6. The van der Waals surface area contributed by atoms with Crippen LogP contribution in [0.4, 0.5) is 0 Å². The number of hydrogen-bond donors (Lipinski definition) is 2. The van der Waals surface area contributed by atoms with Gasteiger partial charge < -0.3 is 110 Å². The van der Waals surface area contributed by atoms with Crippen molar-refractivity contribution in [3.05, 3.63) is 0 Å². The van der Waals surface area contributed by atoms with Crippen LogP contribution in [0.25, 0.3) is 0 Å². The molecule has 0 radical (unpaired) electrons. The molecule has 0 aliphatic heterocycles. The third kappa shape index (κ3) is 84.7. The van der Waals surface area contributed by atoms with Crippen molar-refractivity contribution in [2.45, 2.75) is 316 Å². The van der Waals surface area contributed by atoms with Crippen molar-refractivity contribution in [2.24, 2.45) is 71.0 Å². The second-order valence-electron chi connectivity index (χ2n) is 39.2. The van der Waals surface area contributed by atoms with Crippen LogP contribution in [0.15, 0.2) is 0 Å². The molecule has 2 N–H and O–H groups in total. The van der Waals surface area contributed by atoms with Crippen LogP contribution in [0.3, 0.4) is 0 Å². The first-order chi connectivity index (χ1) is 65.7. The molecular weight excluding hydrogens is 2470 g/mol. The molecule has 858 valence electrons. The minimum Gasteiger partial charge on any atom is -0.481 e. The second-order valence-corrected chi connectivity index (χ2v) is 109. The number of hydrogen-bond acceptors (Lipinski definition) is 46. The van der Waals surface area contributed by atoms with Crippen molar-refractivity contribution in [2.75, 3.05) is 143 Å². The first kappa shape index (κ1) is 154. The molecule has 0 rings (SSSR count). The zero-order chi connectivity index (χ0) is 110. The average Bonchev–Trinajstić information content (AvgIpc) is 0.841. The Hall–Kier alpha value is 9.06. The van der Waals surface area contributed by atoms with Crippen molar-refractivity contribution in [3.8, 4) is 0 Å². The topological polar surface area (TPSA) is 278 Å². The van der Waals surface area contributed by atoms with Gasteiger partial charge in [0.15, 0.2) is 0 Å². The van der Waals surface area contributed by atoms with E-state index in [0.29, 0.717) is 155 Å². The molecule has 0 aromatic heterocycles. The Labute approximate surface area is 967 Å². The van der Waals surface area contributed by atoms with Gasteiger partial charge in [-0.05, 0) is 277 Å². The van der Waals surface area contributed by atoms with Gasteiger partial charge in [0.05, 0.1) is 153 Å². The highest BCUT2D eigenvalue weighted by atomic mass is 33.0. The molecule has 0 heterocycles. The summed E-state index contributed by atoms with van der Waals surface area (Å²) in [5.74, 6) is 5.75. The third-order valence-electron chi connectivity index (χ3n) is 15.2. The van der Waals surface area contributed by atoms with Gasteiger partial charge in [0, 0.05) is 63.3 Å². The smallest absolute Gasteiger partial charge is 0.304 e. The van der Waals surface area contributed by atoms with Crippen LogP contribution in [0.2, 0.25) is 0 Å². The molecule has 10 unspecified atom stereocenters. The van der Waals surface area contributed by atoms with Crippen molar-refractivity contribution in [1.82, 2.24) is 0 Å². The molecule has 0 saturated heterocycles. The molecular formula is C84H179O26P11S22. The van der Waals surface area contributed by atoms with E-state index in [2.05, 4.69) is 166 Å². The Morgan fingerprint density at radius 2 is 0.287 bits per heavy atom. The molecule has 0 aromatic rings. The van der Waals surface area contributed by atoms with Crippen LogP contribution in [-0.2, 0) is 239 Å². The van der Waals surface area contributed by atoms with E-state index in [9.17, 15) is 14.7 Å². The summed E-state index contributed by atoms with van der Waals surface area (Å²) in [6.07, 6.45) is -4.24. The van der Waals surface area contributed by atoms with Gasteiger partial charge in [-0.3, -0.25) is 9.59 Å². The Balaban J connectivity index is 0. The standard InChI is InChI=1S/C53H113O16P7S14.C31H66O10P4S8/c1-39(2)25-56-70(77,57-26-40(3)4)85-33-47(17)66-75(82,67-48(18)34-86-71(78,58-27-41(5)6)59-28-42(7)8)89-37-51(21)64-74(81,84-24-23-53(54)55)65-52(22)38-90-76(83,68-49(19)35-87-72(79,60-29-43(9)10)61-30-44(11)12)69-50(20)36-88-73(80,62-31-45(13)14)63-32-46(15)16;1-23(2)16-34-42(46,35-17-24(3)4)51-20-28(11)40-45(49,41-29(12)21-52-43(47,36-18-25(5)6)37-19-26(7)8)53-22-30(13)39-44(48,38-27(9)10)50-15-14-31(32)33/h39-52H,23-38H2,1-22H3,(H,54,55);23-30H,14-22H2,1-13H3,(H,32,33). The molecule has 0 spiro atoms. The van der Waals surface area contributed by atoms with Crippen molar-refractivity contribution >= 4 is 330 Å². The maximum atomic E-state index is 11.9. The van der Waals surface area contributed by atoms with Crippen LogP contribution < -0.4 is 0 Å². The van der Waals surface area contributed by atoms with E-state index in [4.69, 9.17) is 235 Å². The number of carboxylic acid groups (broad SMARTS) is 2. The largest absolute Gasteiger partial charge is 0.481 e. The summed E-state index contributed by atoms with van der Waals surface area (Å²) in [4.78, 5) is 23.1. The van der Waals surface area contributed by atoms with Crippen LogP contribution in [0, 0.1) is 71.0 Å². The maximum Gasteiger partial charge on any atom is 0.304 e. The van der Waals surface area contributed by atoms with E-state index in [1.165, 1.54) is 125 Å². The first-order valence-electron chi connectivity index (χ1n) is 48.4. The molecule has 143 heavy (non-hydrogen) atoms. The van der Waals surface area contributed by atoms with Crippen molar-refractivity contribution in [1.29, 1.82) is 0 Å². The highest BCUT2D eigenvalue weighted by Gasteiger charge is 2.39. The van der Waals surface area contributed by atoms with Gasteiger partial charge in [-0.15, -0.1) is 0 Å². The van der Waals surface area contributed by atoms with Crippen molar-refractivity contribution in [3.63, 3.8) is 0 Å². The molecule has 10 atom stereocenters. The predicted molar refractivity (Wildman–Crippen MR) is 679 cm³/mol. The van der Waals surface area contributed by atoms with Gasteiger partial charge in [-0.1, -0.05) is 291 Å². The van der Waals surface area contributed by atoms with Crippen LogP contribution in [0.1, 0.15) is 255 Å². The summed E-state index contributed by atoms with van der Waals surface area (Å²) >= 11 is 82.6. The summed E-state index contributed by atoms with van der Waals surface area (Å²) in [6, 6.07) is 0. The average molecular weight is 2650 g/mol. The highest BCUT2D eigenvalue weighted by molar-refractivity contribution is 8.72. The second kappa shape index (κ2) is 80.9. The molecule has 0 bridgehead atoms. The van der Waals surface area contributed by atoms with E-state index in [1.807, 2.05) is 76.2 Å². The van der Waals surface area contributed by atoms with E-state index in [-0.39, 0.29) is 96.1 Å². The number of carbonyl (C=O) groups is 2. The molecule has 0 fully saturated rings. The van der Waals surface area contributed by atoms with Gasteiger partial charge >= 0.3 is 11.9 Å². The van der Waals surface area contributed by atoms with Gasteiger partial charge in [0.1, 0.15) is 0 Å². The minimum absolute atomic E-state index is 0.0386. The summed E-state index contributed by atoms with van der Waals surface area (Å²) < 4.78 is 141. The Morgan fingerprint density at radius 1 is 0.182 bits per heavy atom. The fraction of sp³-hybridized carbons (Fsp3) is 0.976. The van der Waals surface area contributed by atoms with Crippen LogP contribution in [-0.4, -0.2) is 226 Å². The number of rotatable bonds is 91. The SMILES string of the molecule is CC(C)COP(=S)(OCC(C)C)SCC(C)OP(=S)(OC(C)CSP(=S)(OCC(C)C)OCC(C)C)SCC(C)OP(=S)(OC(C)C)SCCC(=O)O.CC(C)COP(=S)(OCC(C)C)SCC(C)OP(=S)(OC(C)CSP(=S)(OCC(C)C)OCC(C)C)SCC(C)OP(=S)(OC(C)CSP(=S)(OC(C)CSP(=S)(OCC(C)C)OCC(C)C)OC(C)CSP(=S)(OCC(C)C)OCC(C)C)SCCC(=O)O. The predicted octanol–water partition coefficient (Wildman–Crippen LogP) is 34.6. The van der Waals surface area contributed by atoms with Gasteiger partial charge in [-0.2, -0.15) is 0 Å². The summed E-state index contributed by atoms with van der Waals surface area (Å²) in [7, 11) is 0. The zero-order valence-corrected chi connectivity index (χ0v) is 119. The minimum atomic E-state index is -3.29. The highest BCUT2D eigenvalue weighted by Crippen LogP contribution is 2.73. The van der Waals surface area contributed by atoms with Gasteiger partial charge in [0.2, 0.25) is 62.6 Å². The van der Waals surface area contributed by atoms with Crippen LogP contribution in [0.5, 0.6) is 0 Å². The molecule has 0 aliphatic carbocycles. The molecule has 0 aromatic carbocycles. The fourth-order valence-corrected chi connectivity index (χ4v) is 64.5. The van der Waals surface area contributed by atoms with Crippen LogP contribution >= 0.6 is 188 Å². The van der Waals surface area contributed by atoms with Gasteiger partial charge in [0.25, 0.3) is 0 Å². The molecule has 0 amide bonds. The lowest BCUT2D eigenvalue weighted by Crippen LogP contribution is -2.18. The molecule has 0 aliphatic rings. The lowest BCUT2D eigenvalue weighted by Gasteiger charge is -2.32. The van der Waals surface area contributed by atoms with E-state index < -0.39 is 111 Å². The first-order valence-corrected chi connectivity index (χ1v) is 94.9. The number of aliphatic carboxylic acids is 2. The lowest BCUT2D eigenvalue weighted by atomic mass is 10.2. The fourth-order valence-electron chi connectivity index (χ4n) is 8.75. The van der Waals surface area contributed by atoms with Gasteiger partial charge in [-0.25, -0.2) is 0 Å². The number of carboxylic acids is 2.